The second-order valence-corrected chi connectivity index (χ2v) is 5.19. The van der Waals surface area contributed by atoms with Gasteiger partial charge in [0.15, 0.2) is 0 Å². The van der Waals surface area contributed by atoms with Crippen LogP contribution in [0.4, 0.5) is 0 Å². The van der Waals surface area contributed by atoms with Crippen LogP contribution >= 0.6 is 0 Å². The van der Waals surface area contributed by atoms with E-state index in [1.165, 1.54) is 6.08 Å². The van der Waals surface area contributed by atoms with Crippen LogP contribution in [-0.4, -0.2) is 24.6 Å². The molecule has 0 spiro atoms. The minimum Gasteiger partial charge on any atom is -0.496 e. The van der Waals surface area contributed by atoms with E-state index in [0.717, 1.165) is 5.56 Å². The molecule has 1 aliphatic carbocycles. The van der Waals surface area contributed by atoms with Gasteiger partial charge in [0, 0.05) is 23.8 Å². The lowest BCUT2D eigenvalue weighted by Crippen LogP contribution is -2.33. The van der Waals surface area contributed by atoms with Gasteiger partial charge in [-0.3, -0.25) is 9.59 Å². The maximum Gasteiger partial charge on any atom is 0.270 e. The normalized spacial score (nSPS) is 18.8. The Morgan fingerprint density at radius 1 is 1.30 bits per heavy atom. The number of dihydropyridines is 1. The molecule has 5 nitrogen and oxygen atoms in total. The number of rotatable bonds is 4. The Morgan fingerprint density at radius 2 is 2.13 bits per heavy atom. The highest BCUT2D eigenvalue weighted by Crippen LogP contribution is 2.24. The highest BCUT2D eigenvalue weighted by Gasteiger charge is 2.28. The van der Waals surface area contributed by atoms with Crippen LogP contribution in [0, 0.1) is 5.92 Å². The van der Waals surface area contributed by atoms with E-state index in [0.29, 0.717) is 23.6 Å². The van der Waals surface area contributed by atoms with Crippen LogP contribution in [0.25, 0.3) is 0 Å². The van der Waals surface area contributed by atoms with Gasteiger partial charge in [0.2, 0.25) is 5.91 Å². The van der Waals surface area contributed by atoms with Crippen LogP contribution < -0.4 is 10.1 Å². The van der Waals surface area contributed by atoms with Gasteiger partial charge < -0.3 is 10.1 Å². The van der Waals surface area contributed by atoms with Gasteiger partial charge in [-0.05, 0) is 12.1 Å². The quantitative estimate of drug-likeness (QED) is 0.924. The number of amides is 2. The summed E-state index contributed by atoms with van der Waals surface area (Å²) >= 11 is 0. The minimum absolute atomic E-state index is 0.268. The lowest BCUT2D eigenvalue weighted by atomic mass is 9.87. The number of benzene rings is 1. The van der Waals surface area contributed by atoms with Gasteiger partial charge in [-0.25, -0.2) is 4.99 Å². The summed E-state index contributed by atoms with van der Waals surface area (Å²) in [6.45, 7) is 0.327. The first-order chi connectivity index (χ1) is 11.2. The molecule has 0 fully saturated rings. The van der Waals surface area contributed by atoms with E-state index in [1.807, 2.05) is 36.4 Å². The number of carbonyl (C=O) groups is 2. The smallest absolute Gasteiger partial charge is 0.270 e. The molecule has 0 saturated heterocycles. The fraction of sp³-hybridized carbons (Fsp3) is 0.167. The van der Waals surface area contributed by atoms with Crippen molar-refractivity contribution in [3.8, 4) is 5.75 Å². The van der Waals surface area contributed by atoms with Gasteiger partial charge in [-0.15, -0.1) is 0 Å². The summed E-state index contributed by atoms with van der Waals surface area (Å²) in [5.74, 6) is -0.236. The van der Waals surface area contributed by atoms with E-state index < -0.39 is 5.91 Å². The number of hydrogen-bond acceptors (Lipinski definition) is 3. The summed E-state index contributed by atoms with van der Waals surface area (Å²) in [4.78, 5) is 28.1. The van der Waals surface area contributed by atoms with Crippen LogP contribution in [-0.2, 0) is 16.1 Å². The van der Waals surface area contributed by atoms with Gasteiger partial charge >= 0.3 is 0 Å². The van der Waals surface area contributed by atoms with Crippen molar-refractivity contribution in [2.45, 2.75) is 6.54 Å². The number of ether oxygens (including phenoxy) is 1. The van der Waals surface area contributed by atoms with Crippen molar-refractivity contribution in [3.63, 3.8) is 0 Å². The molecule has 116 valence electrons. The zero-order chi connectivity index (χ0) is 16.2. The fourth-order valence-electron chi connectivity index (χ4n) is 2.62. The number of para-hydroxylation sites is 1. The van der Waals surface area contributed by atoms with Gasteiger partial charge in [0.05, 0.1) is 18.7 Å². The number of allylic oxidation sites excluding steroid dienone is 4. The first-order valence-corrected chi connectivity index (χ1v) is 7.28. The summed E-state index contributed by atoms with van der Waals surface area (Å²) < 4.78 is 5.27. The Labute approximate surface area is 134 Å². The van der Waals surface area contributed by atoms with Crippen molar-refractivity contribution >= 4 is 17.5 Å². The standard InChI is InChI=1S/C18H16N2O3/c1-23-16-9-5-2-6-12(16)11-19-18(22)14-10-17(21)20-15-8-4-3-7-13(14)15/h2-10,13H,11H2,1H3,(H,19,22). The predicted octanol–water partition coefficient (Wildman–Crippen LogP) is 1.96. The van der Waals surface area contributed by atoms with Crippen LogP contribution in [0.15, 0.2) is 65.2 Å². The Bertz CT molecular complexity index is 772. The second-order valence-electron chi connectivity index (χ2n) is 5.19. The molecule has 0 bridgehead atoms. The van der Waals surface area contributed by atoms with Crippen LogP contribution in [0.2, 0.25) is 0 Å². The molecular formula is C18H16N2O3. The molecule has 1 aromatic carbocycles. The third kappa shape index (κ3) is 3.13. The molecular weight excluding hydrogens is 292 g/mol. The summed E-state index contributed by atoms with van der Waals surface area (Å²) in [6.07, 6.45) is 8.57. The average molecular weight is 308 g/mol. The summed E-state index contributed by atoms with van der Waals surface area (Å²) in [6, 6.07) is 7.47. The van der Waals surface area contributed by atoms with Crippen molar-refractivity contribution in [2.75, 3.05) is 7.11 Å². The summed E-state index contributed by atoms with van der Waals surface area (Å²) in [5.41, 5.74) is 1.89. The monoisotopic (exact) mass is 308 g/mol. The van der Waals surface area contributed by atoms with E-state index in [9.17, 15) is 9.59 Å². The molecule has 0 saturated carbocycles. The minimum atomic E-state index is -0.404. The maximum absolute atomic E-state index is 12.5. The van der Waals surface area contributed by atoms with Gasteiger partial charge in [-0.2, -0.15) is 0 Å². The Hall–Kier alpha value is -2.95. The van der Waals surface area contributed by atoms with Crippen molar-refractivity contribution in [3.05, 3.63) is 65.8 Å². The third-order valence-corrected chi connectivity index (χ3v) is 3.75. The SMILES string of the molecule is COc1ccccc1CNC(=O)C1=CC(=O)N=C2C=CC=CC12. The number of fused-ring (bicyclic) bond motifs is 1. The molecule has 1 atom stereocenters. The molecule has 1 aliphatic heterocycles. The highest BCUT2D eigenvalue weighted by atomic mass is 16.5. The molecule has 0 aromatic heterocycles. The third-order valence-electron chi connectivity index (χ3n) is 3.75. The molecule has 2 amide bonds. The molecule has 5 heteroatoms. The average Bonchev–Trinajstić information content (AvgIpc) is 2.59. The molecule has 1 heterocycles. The molecule has 23 heavy (non-hydrogen) atoms. The van der Waals surface area contributed by atoms with E-state index >= 15 is 0 Å². The van der Waals surface area contributed by atoms with Crippen molar-refractivity contribution < 1.29 is 14.3 Å². The Balaban J connectivity index is 1.74. The van der Waals surface area contributed by atoms with Gasteiger partial charge in [-0.1, -0.05) is 36.4 Å². The Morgan fingerprint density at radius 3 is 2.96 bits per heavy atom. The van der Waals surface area contributed by atoms with Crippen LogP contribution in [0.5, 0.6) is 5.75 Å². The first kappa shape index (κ1) is 15.0. The number of nitrogens with zero attached hydrogens (tertiary/aromatic N) is 1. The Kier molecular flexibility index (Phi) is 4.19. The van der Waals surface area contributed by atoms with Crippen molar-refractivity contribution in [1.82, 2.24) is 5.32 Å². The van der Waals surface area contributed by atoms with Crippen molar-refractivity contribution in [2.24, 2.45) is 10.9 Å². The van der Waals surface area contributed by atoms with E-state index in [4.69, 9.17) is 4.74 Å². The summed E-state index contributed by atoms with van der Waals surface area (Å²) in [5, 5.41) is 2.84. The zero-order valence-corrected chi connectivity index (χ0v) is 12.7. The summed E-state index contributed by atoms with van der Waals surface area (Å²) in [7, 11) is 1.59. The number of aliphatic imine (C=N–C) groups is 1. The molecule has 1 aromatic rings. The molecule has 1 unspecified atom stereocenters. The molecule has 0 radical (unpaired) electrons. The van der Waals surface area contributed by atoms with Crippen LogP contribution in [0.3, 0.4) is 0 Å². The predicted molar refractivity (Wildman–Crippen MR) is 87.1 cm³/mol. The van der Waals surface area contributed by atoms with Crippen LogP contribution in [0.1, 0.15) is 5.56 Å². The van der Waals surface area contributed by atoms with Gasteiger partial charge in [0.1, 0.15) is 5.75 Å². The van der Waals surface area contributed by atoms with E-state index in [1.54, 1.807) is 19.3 Å². The molecule has 2 aliphatic rings. The number of hydrogen-bond donors (Lipinski definition) is 1. The molecule has 1 N–H and O–H groups in total. The fourth-order valence-corrected chi connectivity index (χ4v) is 2.62. The lowest BCUT2D eigenvalue weighted by Gasteiger charge is -2.21. The van der Waals surface area contributed by atoms with E-state index in [2.05, 4.69) is 10.3 Å². The number of nitrogens with one attached hydrogen (secondary N) is 1. The highest BCUT2D eigenvalue weighted by molar-refractivity contribution is 6.18. The first-order valence-electron chi connectivity index (χ1n) is 7.28. The number of methoxy groups -OCH3 is 1. The van der Waals surface area contributed by atoms with Gasteiger partial charge in [0.25, 0.3) is 5.91 Å². The van der Waals surface area contributed by atoms with Crippen molar-refractivity contribution in [1.29, 1.82) is 0 Å². The molecule has 3 rings (SSSR count). The topological polar surface area (TPSA) is 67.8 Å². The van der Waals surface area contributed by atoms with E-state index in [-0.39, 0.29) is 11.8 Å². The number of carbonyl (C=O) groups excluding carboxylic acids is 2. The largest absolute Gasteiger partial charge is 0.496 e. The second kappa shape index (κ2) is 6.44. The maximum atomic E-state index is 12.5. The zero-order valence-electron chi connectivity index (χ0n) is 12.7. The lowest BCUT2D eigenvalue weighted by molar-refractivity contribution is -0.119.